The lowest BCUT2D eigenvalue weighted by atomic mass is 10.0. The van der Waals surface area contributed by atoms with E-state index in [4.69, 9.17) is 9.47 Å². The summed E-state index contributed by atoms with van der Waals surface area (Å²) in [7, 11) is 1.58. The minimum absolute atomic E-state index is 0.165. The monoisotopic (exact) mass is 395 g/mol. The molecule has 0 fully saturated rings. The van der Waals surface area contributed by atoms with Crippen LogP contribution in [0.4, 0.5) is 0 Å². The van der Waals surface area contributed by atoms with E-state index in [1.165, 1.54) is 0 Å². The van der Waals surface area contributed by atoms with E-state index in [-0.39, 0.29) is 17.9 Å². The van der Waals surface area contributed by atoms with Gasteiger partial charge in [0.2, 0.25) is 0 Å². The van der Waals surface area contributed by atoms with Crippen LogP contribution in [0.15, 0.2) is 42.5 Å². The van der Waals surface area contributed by atoms with Gasteiger partial charge in [-0.25, -0.2) is 4.98 Å². The van der Waals surface area contributed by atoms with Crippen LogP contribution in [-0.4, -0.2) is 29.6 Å². The van der Waals surface area contributed by atoms with Crippen molar-refractivity contribution in [2.24, 2.45) is 5.92 Å². The van der Waals surface area contributed by atoms with Crippen molar-refractivity contribution in [1.29, 1.82) is 0 Å². The first-order valence-electron chi connectivity index (χ1n) is 10.1. The van der Waals surface area contributed by atoms with Crippen LogP contribution < -0.4 is 14.8 Å². The number of aromatic nitrogens is 2. The number of benzene rings is 2. The first kappa shape index (κ1) is 20.7. The van der Waals surface area contributed by atoms with Crippen molar-refractivity contribution in [2.75, 3.05) is 13.7 Å². The lowest BCUT2D eigenvalue weighted by Gasteiger charge is -2.21. The quantitative estimate of drug-likeness (QED) is 0.507. The van der Waals surface area contributed by atoms with Crippen molar-refractivity contribution < 1.29 is 14.3 Å². The van der Waals surface area contributed by atoms with Gasteiger partial charge < -0.3 is 19.8 Å². The van der Waals surface area contributed by atoms with Gasteiger partial charge >= 0.3 is 0 Å². The van der Waals surface area contributed by atoms with E-state index >= 15 is 0 Å². The molecule has 0 spiro atoms. The van der Waals surface area contributed by atoms with Gasteiger partial charge in [-0.05, 0) is 42.7 Å². The molecule has 0 saturated carbocycles. The second kappa shape index (κ2) is 9.45. The van der Waals surface area contributed by atoms with Crippen LogP contribution >= 0.6 is 0 Å². The average Bonchev–Trinajstić information content (AvgIpc) is 3.15. The SMILES string of the molecule is CCCCOc1ccc(C(=O)N[C@H](c2nc3ccccc3[nH]2)C(C)C)cc1OC. The van der Waals surface area contributed by atoms with Crippen LogP contribution in [0.1, 0.15) is 55.8 Å². The second-order valence-corrected chi connectivity index (χ2v) is 7.40. The Morgan fingerprint density at radius 2 is 1.97 bits per heavy atom. The van der Waals surface area contributed by atoms with E-state index in [9.17, 15) is 4.79 Å². The Kier molecular flexibility index (Phi) is 6.75. The van der Waals surface area contributed by atoms with Crippen molar-refractivity contribution in [3.8, 4) is 11.5 Å². The van der Waals surface area contributed by atoms with Crippen molar-refractivity contribution in [1.82, 2.24) is 15.3 Å². The average molecular weight is 396 g/mol. The lowest BCUT2D eigenvalue weighted by molar-refractivity contribution is 0.0923. The fraction of sp³-hybridized carbons (Fsp3) is 0.391. The summed E-state index contributed by atoms with van der Waals surface area (Å²) >= 11 is 0. The molecule has 0 aliphatic heterocycles. The highest BCUT2D eigenvalue weighted by atomic mass is 16.5. The van der Waals surface area contributed by atoms with Crippen LogP contribution in [-0.2, 0) is 0 Å². The summed E-state index contributed by atoms with van der Waals surface area (Å²) in [5.41, 5.74) is 2.36. The normalized spacial score (nSPS) is 12.2. The fourth-order valence-electron chi connectivity index (χ4n) is 3.15. The summed E-state index contributed by atoms with van der Waals surface area (Å²) in [5, 5.41) is 3.10. The Morgan fingerprint density at radius 1 is 1.17 bits per heavy atom. The number of aromatic amines is 1. The van der Waals surface area contributed by atoms with E-state index in [0.29, 0.717) is 23.7 Å². The number of nitrogens with zero attached hydrogens (tertiary/aromatic N) is 1. The Morgan fingerprint density at radius 3 is 2.66 bits per heavy atom. The number of amides is 1. The van der Waals surface area contributed by atoms with Gasteiger partial charge in [0.25, 0.3) is 5.91 Å². The summed E-state index contributed by atoms with van der Waals surface area (Å²) < 4.78 is 11.2. The van der Waals surface area contributed by atoms with Crippen LogP contribution in [0, 0.1) is 5.92 Å². The molecule has 0 aliphatic rings. The molecule has 1 aromatic heterocycles. The van der Waals surface area contributed by atoms with Crippen molar-refractivity contribution in [2.45, 2.75) is 39.7 Å². The molecule has 0 bridgehead atoms. The number of carbonyl (C=O) groups is 1. The molecule has 2 N–H and O–H groups in total. The third-order valence-corrected chi connectivity index (χ3v) is 4.84. The number of hydrogen-bond acceptors (Lipinski definition) is 4. The topological polar surface area (TPSA) is 76.2 Å². The highest BCUT2D eigenvalue weighted by Crippen LogP contribution is 2.29. The Hall–Kier alpha value is -3.02. The standard InChI is InChI=1S/C23H29N3O3/c1-5-6-13-29-19-12-11-16(14-20(19)28-4)23(27)26-21(15(2)3)22-24-17-9-7-8-10-18(17)25-22/h7-12,14-15,21H,5-6,13H2,1-4H3,(H,24,25)(H,26,27)/t21-/m0/s1. The number of unbranched alkanes of at least 4 members (excludes halogenated alkanes) is 1. The number of carbonyl (C=O) groups excluding carboxylic acids is 1. The smallest absolute Gasteiger partial charge is 0.252 e. The molecule has 0 saturated heterocycles. The second-order valence-electron chi connectivity index (χ2n) is 7.40. The molecule has 6 nitrogen and oxygen atoms in total. The first-order valence-corrected chi connectivity index (χ1v) is 10.1. The number of rotatable bonds is 9. The lowest BCUT2D eigenvalue weighted by Crippen LogP contribution is -2.32. The van der Waals surface area contributed by atoms with Gasteiger partial charge in [0.15, 0.2) is 11.5 Å². The molecular formula is C23H29N3O3. The van der Waals surface area contributed by atoms with E-state index in [1.54, 1.807) is 25.3 Å². The number of para-hydroxylation sites is 2. The Labute approximate surface area is 171 Å². The van der Waals surface area contributed by atoms with Crippen molar-refractivity contribution >= 4 is 16.9 Å². The Bertz CT molecular complexity index is 932. The number of imidazole rings is 1. The number of nitrogens with one attached hydrogen (secondary N) is 2. The van der Waals surface area contributed by atoms with E-state index in [1.807, 2.05) is 24.3 Å². The third-order valence-electron chi connectivity index (χ3n) is 4.84. The molecule has 0 radical (unpaired) electrons. The van der Waals surface area contributed by atoms with Gasteiger partial charge in [-0.1, -0.05) is 39.3 Å². The van der Waals surface area contributed by atoms with Gasteiger partial charge in [0.05, 0.1) is 30.8 Å². The molecule has 154 valence electrons. The predicted octanol–water partition coefficient (Wildman–Crippen LogP) is 4.88. The molecule has 3 aromatic rings. The van der Waals surface area contributed by atoms with Gasteiger partial charge in [0, 0.05) is 5.56 Å². The molecule has 0 aliphatic carbocycles. The van der Waals surface area contributed by atoms with E-state index in [2.05, 4.69) is 36.1 Å². The summed E-state index contributed by atoms with van der Waals surface area (Å²) in [6.07, 6.45) is 2.03. The fourth-order valence-corrected chi connectivity index (χ4v) is 3.15. The zero-order valence-electron chi connectivity index (χ0n) is 17.5. The number of ether oxygens (including phenoxy) is 2. The molecule has 6 heteroatoms. The van der Waals surface area contributed by atoms with Gasteiger partial charge in [-0.3, -0.25) is 4.79 Å². The van der Waals surface area contributed by atoms with E-state index in [0.717, 1.165) is 29.7 Å². The van der Waals surface area contributed by atoms with Crippen molar-refractivity contribution in [3.63, 3.8) is 0 Å². The molecule has 1 heterocycles. The van der Waals surface area contributed by atoms with E-state index < -0.39 is 0 Å². The highest BCUT2D eigenvalue weighted by Gasteiger charge is 2.23. The van der Waals surface area contributed by atoms with Crippen LogP contribution in [0.25, 0.3) is 11.0 Å². The molecule has 29 heavy (non-hydrogen) atoms. The summed E-state index contributed by atoms with van der Waals surface area (Å²) in [5.74, 6) is 1.94. The number of fused-ring (bicyclic) bond motifs is 1. The minimum atomic E-state index is -0.235. The molecular weight excluding hydrogens is 366 g/mol. The molecule has 1 amide bonds. The van der Waals surface area contributed by atoms with Crippen molar-refractivity contribution in [3.05, 3.63) is 53.9 Å². The van der Waals surface area contributed by atoms with Gasteiger partial charge in [0.1, 0.15) is 5.82 Å². The summed E-state index contributed by atoms with van der Waals surface area (Å²) in [6, 6.07) is 12.9. The maximum Gasteiger partial charge on any atom is 0.252 e. The van der Waals surface area contributed by atoms with Crippen LogP contribution in [0.3, 0.4) is 0 Å². The van der Waals surface area contributed by atoms with Gasteiger partial charge in [-0.15, -0.1) is 0 Å². The molecule has 0 unspecified atom stereocenters. The summed E-state index contributed by atoms with van der Waals surface area (Å²) in [4.78, 5) is 20.9. The van der Waals surface area contributed by atoms with Crippen LogP contribution in [0.2, 0.25) is 0 Å². The molecule has 2 aromatic carbocycles. The largest absolute Gasteiger partial charge is 0.493 e. The van der Waals surface area contributed by atoms with Gasteiger partial charge in [-0.2, -0.15) is 0 Å². The zero-order valence-corrected chi connectivity index (χ0v) is 17.5. The maximum absolute atomic E-state index is 12.9. The third kappa shape index (κ3) is 4.88. The molecule has 3 rings (SSSR count). The minimum Gasteiger partial charge on any atom is -0.493 e. The number of hydrogen-bond donors (Lipinski definition) is 2. The maximum atomic E-state index is 12.9. The molecule has 1 atom stereocenters. The highest BCUT2D eigenvalue weighted by molar-refractivity contribution is 5.95. The Balaban J connectivity index is 1.79. The van der Waals surface area contributed by atoms with Crippen LogP contribution in [0.5, 0.6) is 11.5 Å². The number of methoxy groups -OCH3 is 1. The first-order chi connectivity index (χ1) is 14.0. The zero-order chi connectivity index (χ0) is 20.8. The number of H-pyrrole nitrogens is 1. The summed E-state index contributed by atoms with van der Waals surface area (Å²) in [6.45, 7) is 6.85. The predicted molar refractivity (Wildman–Crippen MR) is 115 cm³/mol.